The zero-order valence-electron chi connectivity index (χ0n) is 10.6. The van der Waals surface area contributed by atoms with Crippen LogP contribution in [0.3, 0.4) is 0 Å². The minimum Gasteiger partial charge on any atom is -0.386 e. The highest BCUT2D eigenvalue weighted by molar-refractivity contribution is 6.31. The number of carbonyl (C=O) groups excluding carboxylic acids is 3. The Hall–Kier alpha value is -2.66. The van der Waals surface area contributed by atoms with Crippen LogP contribution >= 0.6 is 11.6 Å². The number of carbonyl (C=O) groups is 3. The normalized spacial score (nSPS) is 12.8. The van der Waals surface area contributed by atoms with Gasteiger partial charge < -0.3 is 10.1 Å². The quantitative estimate of drug-likeness (QED) is 0.684. The molecule has 0 saturated carbocycles. The summed E-state index contributed by atoms with van der Waals surface area (Å²) in [4.78, 5) is 34.9. The number of anilines is 1. The molecular weight excluding hydrogens is 294 g/mol. The first-order chi connectivity index (χ1) is 10.0. The van der Waals surface area contributed by atoms with E-state index in [-0.39, 0.29) is 16.7 Å². The summed E-state index contributed by atoms with van der Waals surface area (Å²) in [5.41, 5.74) is 1.05. The Bertz CT molecular complexity index is 785. The Morgan fingerprint density at radius 2 is 1.76 bits per heavy atom. The van der Waals surface area contributed by atoms with Crippen LogP contribution in [-0.2, 0) is 4.74 Å². The van der Waals surface area contributed by atoms with Gasteiger partial charge in [0.25, 0.3) is 5.91 Å². The number of rotatable bonds is 2. The van der Waals surface area contributed by atoms with Gasteiger partial charge in [0.05, 0.1) is 11.1 Å². The minimum absolute atomic E-state index is 0.0961. The summed E-state index contributed by atoms with van der Waals surface area (Å²) in [5, 5.41) is 3.15. The number of ether oxygens (including phenoxy) is 1. The molecule has 1 N–H and O–H groups in total. The first-order valence-corrected chi connectivity index (χ1v) is 6.40. The summed E-state index contributed by atoms with van der Waals surface area (Å²) >= 11 is 5.84. The molecule has 1 aliphatic heterocycles. The zero-order valence-corrected chi connectivity index (χ0v) is 11.3. The van der Waals surface area contributed by atoms with Crippen LogP contribution in [0.2, 0.25) is 5.02 Å². The van der Waals surface area contributed by atoms with Gasteiger partial charge in [-0.05, 0) is 36.4 Å². The maximum atomic E-state index is 12.1. The van der Waals surface area contributed by atoms with Gasteiger partial charge in [-0.2, -0.15) is 0 Å². The third-order valence-electron chi connectivity index (χ3n) is 2.99. The Kier molecular flexibility index (Phi) is 3.19. The van der Waals surface area contributed by atoms with Crippen LogP contribution in [0.25, 0.3) is 0 Å². The predicted octanol–water partition coefficient (Wildman–Crippen LogP) is 2.90. The van der Waals surface area contributed by atoms with E-state index in [2.05, 4.69) is 10.1 Å². The van der Waals surface area contributed by atoms with Gasteiger partial charge in [-0.15, -0.1) is 0 Å². The lowest BCUT2D eigenvalue weighted by molar-refractivity contribution is 0.0443. The number of hydrogen-bond acceptors (Lipinski definition) is 4. The molecule has 0 fully saturated rings. The SMILES string of the molecule is O=C(Nc1cccc(Cl)c1)c1ccc2c(c1)C(=O)OC2=O. The highest BCUT2D eigenvalue weighted by atomic mass is 35.5. The van der Waals surface area contributed by atoms with E-state index in [4.69, 9.17) is 11.6 Å². The Morgan fingerprint density at radius 1 is 1.00 bits per heavy atom. The lowest BCUT2D eigenvalue weighted by atomic mass is 10.1. The molecule has 0 aliphatic carbocycles. The summed E-state index contributed by atoms with van der Waals surface area (Å²) in [6, 6.07) is 10.9. The van der Waals surface area contributed by atoms with E-state index in [0.717, 1.165) is 0 Å². The molecule has 1 amide bonds. The van der Waals surface area contributed by atoms with Gasteiger partial charge in [0.1, 0.15) is 0 Å². The largest absolute Gasteiger partial charge is 0.386 e. The molecule has 2 aromatic carbocycles. The monoisotopic (exact) mass is 301 g/mol. The lowest BCUT2D eigenvalue weighted by Gasteiger charge is -2.06. The number of nitrogens with one attached hydrogen (secondary N) is 1. The molecule has 0 bridgehead atoms. The van der Waals surface area contributed by atoms with Crippen LogP contribution in [0, 0.1) is 0 Å². The van der Waals surface area contributed by atoms with E-state index < -0.39 is 17.8 Å². The molecular formula is C15H8ClNO4. The summed E-state index contributed by atoms with van der Waals surface area (Å²) in [6.45, 7) is 0. The molecule has 0 radical (unpaired) electrons. The van der Waals surface area contributed by atoms with Crippen molar-refractivity contribution in [3.8, 4) is 0 Å². The van der Waals surface area contributed by atoms with Crippen LogP contribution in [0.1, 0.15) is 31.1 Å². The van der Waals surface area contributed by atoms with Crippen LogP contribution in [0.15, 0.2) is 42.5 Å². The van der Waals surface area contributed by atoms with E-state index in [1.807, 2.05) is 0 Å². The number of benzene rings is 2. The van der Waals surface area contributed by atoms with Crippen molar-refractivity contribution in [2.45, 2.75) is 0 Å². The van der Waals surface area contributed by atoms with E-state index in [1.165, 1.54) is 18.2 Å². The van der Waals surface area contributed by atoms with Crippen LogP contribution in [-0.4, -0.2) is 17.8 Å². The van der Waals surface area contributed by atoms with E-state index >= 15 is 0 Å². The van der Waals surface area contributed by atoms with Crippen molar-refractivity contribution in [1.29, 1.82) is 0 Å². The standard InChI is InChI=1S/C15H8ClNO4/c16-9-2-1-3-10(7-9)17-13(18)8-4-5-11-12(6-8)15(20)21-14(11)19/h1-7H,(H,17,18). The highest BCUT2D eigenvalue weighted by Gasteiger charge is 2.30. The van der Waals surface area contributed by atoms with Crippen molar-refractivity contribution in [2.75, 3.05) is 5.32 Å². The smallest absolute Gasteiger partial charge is 0.346 e. The molecule has 0 spiro atoms. The molecule has 1 heterocycles. The number of fused-ring (bicyclic) bond motifs is 1. The first-order valence-electron chi connectivity index (χ1n) is 6.02. The lowest BCUT2D eigenvalue weighted by Crippen LogP contribution is -2.12. The summed E-state index contributed by atoms with van der Waals surface area (Å²) < 4.78 is 4.47. The Balaban J connectivity index is 1.88. The molecule has 0 unspecified atom stereocenters. The van der Waals surface area contributed by atoms with Gasteiger partial charge in [0.15, 0.2) is 0 Å². The third kappa shape index (κ3) is 2.51. The van der Waals surface area contributed by atoms with Crippen molar-refractivity contribution in [3.63, 3.8) is 0 Å². The van der Waals surface area contributed by atoms with Crippen molar-refractivity contribution in [2.24, 2.45) is 0 Å². The van der Waals surface area contributed by atoms with Crippen LogP contribution in [0.4, 0.5) is 5.69 Å². The summed E-state index contributed by atoms with van der Waals surface area (Å²) in [6.07, 6.45) is 0. The van der Waals surface area contributed by atoms with Crippen LogP contribution in [0.5, 0.6) is 0 Å². The maximum Gasteiger partial charge on any atom is 0.346 e. The van der Waals surface area contributed by atoms with Crippen LogP contribution < -0.4 is 5.32 Å². The van der Waals surface area contributed by atoms with Gasteiger partial charge in [-0.3, -0.25) is 4.79 Å². The van der Waals surface area contributed by atoms with Gasteiger partial charge >= 0.3 is 11.9 Å². The fourth-order valence-electron chi connectivity index (χ4n) is 2.00. The van der Waals surface area contributed by atoms with Crippen molar-refractivity contribution in [3.05, 3.63) is 64.2 Å². The molecule has 0 saturated heterocycles. The fourth-order valence-corrected chi connectivity index (χ4v) is 2.19. The average Bonchev–Trinajstić information content (AvgIpc) is 2.73. The second-order valence-electron chi connectivity index (χ2n) is 4.40. The zero-order chi connectivity index (χ0) is 15.0. The van der Waals surface area contributed by atoms with E-state index in [1.54, 1.807) is 24.3 Å². The van der Waals surface area contributed by atoms with E-state index in [0.29, 0.717) is 10.7 Å². The first kappa shape index (κ1) is 13.3. The number of amides is 1. The average molecular weight is 302 g/mol. The minimum atomic E-state index is -0.743. The van der Waals surface area contributed by atoms with E-state index in [9.17, 15) is 14.4 Å². The molecule has 1 aliphatic rings. The van der Waals surface area contributed by atoms with Gasteiger partial charge in [0.2, 0.25) is 0 Å². The summed E-state index contributed by atoms with van der Waals surface area (Å²) in [7, 11) is 0. The Labute approximate surface area is 124 Å². The second-order valence-corrected chi connectivity index (χ2v) is 4.84. The third-order valence-corrected chi connectivity index (χ3v) is 3.22. The van der Waals surface area contributed by atoms with Gasteiger partial charge in [-0.25, -0.2) is 9.59 Å². The Morgan fingerprint density at radius 3 is 2.52 bits per heavy atom. The predicted molar refractivity (Wildman–Crippen MR) is 75.6 cm³/mol. The van der Waals surface area contributed by atoms with Gasteiger partial charge in [0, 0.05) is 16.3 Å². The van der Waals surface area contributed by atoms with Crippen molar-refractivity contribution in [1.82, 2.24) is 0 Å². The molecule has 3 rings (SSSR count). The molecule has 5 nitrogen and oxygen atoms in total. The second kappa shape index (κ2) is 5.03. The maximum absolute atomic E-state index is 12.1. The molecule has 6 heteroatoms. The molecule has 104 valence electrons. The molecule has 2 aromatic rings. The molecule has 0 aromatic heterocycles. The molecule has 0 atom stereocenters. The fraction of sp³-hybridized carbons (Fsp3) is 0. The van der Waals surface area contributed by atoms with Crippen molar-refractivity contribution >= 4 is 35.1 Å². The summed E-state index contributed by atoms with van der Waals surface area (Å²) in [5.74, 6) is -1.85. The number of hydrogen-bond donors (Lipinski definition) is 1. The number of halogens is 1. The highest BCUT2D eigenvalue weighted by Crippen LogP contribution is 2.22. The number of cyclic esters (lactones) is 2. The van der Waals surface area contributed by atoms with Crippen molar-refractivity contribution < 1.29 is 19.1 Å². The number of esters is 2. The topological polar surface area (TPSA) is 72.5 Å². The molecule has 21 heavy (non-hydrogen) atoms. The van der Waals surface area contributed by atoms with Gasteiger partial charge in [-0.1, -0.05) is 17.7 Å².